The summed E-state index contributed by atoms with van der Waals surface area (Å²) in [5.74, 6) is 0.934. The normalized spacial score (nSPS) is 11.0. The maximum absolute atomic E-state index is 12.0. The molecule has 24 heavy (non-hydrogen) atoms. The lowest BCUT2D eigenvalue weighted by Crippen LogP contribution is -2.23. The van der Waals surface area contributed by atoms with Gasteiger partial charge < -0.3 is 9.73 Å². The zero-order valence-corrected chi connectivity index (χ0v) is 14.7. The standard InChI is InChI=1S/C16H19N5O2S/c1-10-4-5-13(24-10)16-19-18-15(23-16)7-6-14(22)17-8-12-9-21(3)20-11(12)2/h4-5,9H,6-8H2,1-3H3,(H,17,22). The average molecular weight is 345 g/mol. The predicted molar refractivity (Wildman–Crippen MR) is 90.5 cm³/mol. The van der Waals surface area contributed by atoms with Gasteiger partial charge in [0.15, 0.2) is 0 Å². The van der Waals surface area contributed by atoms with Crippen molar-refractivity contribution < 1.29 is 9.21 Å². The van der Waals surface area contributed by atoms with Gasteiger partial charge in [-0.1, -0.05) is 0 Å². The molecule has 1 N–H and O–H groups in total. The van der Waals surface area contributed by atoms with Crippen molar-refractivity contribution in [2.75, 3.05) is 0 Å². The van der Waals surface area contributed by atoms with E-state index in [4.69, 9.17) is 4.42 Å². The largest absolute Gasteiger partial charge is 0.420 e. The topological polar surface area (TPSA) is 85.8 Å². The third-order valence-electron chi connectivity index (χ3n) is 3.58. The van der Waals surface area contributed by atoms with Gasteiger partial charge in [-0.05, 0) is 26.0 Å². The van der Waals surface area contributed by atoms with Gasteiger partial charge in [-0.15, -0.1) is 21.5 Å². The number of nitrogens with one attached hydrogen (secondary N) is 1. The Morgan fingerprint density at radius 1 is 1.33 bits per heavy atom. The summed E-state index contributed by atoms with van der Waals surface area (Å²) in [7, 11) is 1.86. The lowest BCUT2D eigenvalue weighted by Gasteiger charge is -2.02. The van der Waals surface area contributed by atoms with Crippen LogP contribution in [0.3, 0.4) is 0 Å². The van der Waals surface area contributed by atoms with Crippen molar-refractivity contribution in [3.63, 3.8) is 0 Å². The van der Waals surface area contributed by atoms with Gasteiger partial charge in [-0.2, -0.15) is 5.10 Å². The second kappa shape index (κ2) is 6.96. The quantitative estimate of drug-likeness (QED) is 0.741. The maximum Gasteiger partial charge on any atom is 0.257 e. The summed E-state index contributed by atoms with van der Waals surface area (Å²) >= 11 is 1.60. The van der Waals surface area contributed by atoms with Crippen LogP contribution in [0, 0.1) is 13.8 Å². The van der Waals surface area contributed by atoms with Crippen LogP contribution in [0.4, 0.5) is 0 Å². The molecule has 0 fully saturated rings. The Labute approximate surface area is 143 Å². The Balaban J connectivity index is 1.49. The Hall–Kier alpha value is -2.48. The minimum atomic E-state index is -0.0510. The number of hydrogen-bond donors (Lipinski definition) is 1. The molecule has 3 aromatic rings. The fourth-order valence-electron chi connectivity index (χ4n) is 2.33. The van der Waals surface area contributed by atoms with Crippen LogP contribution in [0.5, 0.6) is 0 Å². The maximum atomic E-state index is 12.0. The van der Waals surface area contributed by atoms with Crippen molar-refractivity contribution in [2.24, 2.45) is 7.05 Å². The summed E-state index contributed by atoms with van der Waals surface area (Å²) < 4.78 is 7.35. The van der Waals surface area contributed by atoms with Crippen LogP contribution >= 0.6 is 11.3 Å². The van der Waals surface area contributed by atoms with Gasteiger partial charge in [0.25, 0.3) is 5.89 Å². The molecule has 0 unspecified atom stereocenters. The molecule has 0 aliphatic heterocycles. The van der Waals surface area contributed by atoms with E-state index in [-0.39, 0.29) is 5.91 Å². The summed E-state index contributed by atoms with van der Waals surface area (Å²) in [6.45, 7) is 4.43. The molecule has 0 saturated heterocycles. The number of hydrogen-bond acceptors (Lipinski definition) is 6. The SMILES string of the molecule is Cc1ccc(-c2nnc(CCC(=O)NCc3cn(C)nc3C)o2)s1. The highest BCUT2D eigenvalue weighted by Gasteiger charge is 2.12. The van der Waals surface area contributed by atoms with Gasteiger partial charge in [0.1, 0.15) is 0 Å². The zero-order chi connectivity index (χ0) is 17.1. The predicted octanol–water partition coefficient (Wildman–Crippen LogP) is 2.40. The number of nitrogens with zero attached hydrogens (tertiary/aromatic N) is 4. The lowest BCUT2D eigenvalue weighted by molar-refractivity contribution is -0.121. The van der Waals surface area contributed by atoms with Crippen molar-refractivity contribution in [2.45, 2.75) is 33.2 Å². The molecule has 7 nitrogen and oxygen atoms in total. The van der Waals surface area contributed by atoms with E-state index in [0.717, 1.165) is 16.1 Å². The molecular formula is C16H19N5O2S. The van der Waals surface area contributed by atoms with Gasteiger partial charge in [-0.25, -0.2) is 0 Å². The monoisotopic (exact) mass is 345 g/mol. The van der Waals surface area contributed by atoms with Crippen LogP contribution in [0.2, 0.25) is 0 Å². The van der Waals surface area contributed by atoms with E-state index < -0.39 is 0 Å². The molecule has 0 aliphatic carbocycles. The van der Waals surface area contributed by atoms with Crippen molar-refractivity contribution >= 4 is 17.2 Å². The molecule has 0 bridgehead atoms. The van der Waals surface area contributed by atoms with Crippen LogP contribution in [0.15, 0.2) is 22.7 Å². The summed E-state index contributed by atoms with van der Waals surface area (Å²) in [6, 6.07) is 3.97. The van der Waals surface area contributed by atoms with Crippen LogP contribution in [-0.2, 0) is 24.8 Å². The van der Waals surface area contributed by atoms with E-state index in [1.165, 1.54) is 4.88 Å². The van der Waals surface area contributed by atoms with Gasteiger partial charge in [0.05, 0.1) is 10.6 Å². The van der Waals surface area contributed by atoms with E-state index in [9.17, 15) is 4.79 Å². The third-order valence-corrected chi connectivity index (χ3v) is 4.56. The van der Waals surface area contributed by atoms with Gasteiger partial charge in [0.2, 0.25) is 11.8 Å². The number of carbonyl (C=O) groups is 1. The van der Waals surface area contributed by atoms with Crippen molar-refractivity contribution in [1.82, 2.24) is 25.3 Å². The van der Waals surface area contributed by atoms with Crippen LogP contribution in [0.1, 0.15) is 28.4 Å². The van der Waals surface area contributed by atoms with E-state index in [1.54, 1.807) is 16.0 Å². The highest BCUT2D eigenvalue weighted by molar-refractivity contribution is 7.15. The zero-order valence-electron chi connectivity index (χ0n) is 13.9. The number of thiophene rings is 1. The van der Waals surface area contributed by atoms with E-state index in [0.29, 0.717) is 31.2 Å². The molecule has 0 radical (unpaired) electrons. The third kappa shape index (κ3) is 3.88. The molecule has 0 saturated carbocycles. The highest BCUT2D eigenvalue weighted by Crippen LogP contribution is 2.26. The minimum absolute atomic E-state index is 0.0510. The first-order chi connectivity index (χ1) is 11.5. The molecule has 126 valence electrons. The van der Waals surface area contributed by atoms with Crippen molar-refractivity contribution in [1.29, 1.82) is 0 Å². The van der Waals surface area contributed by atoms with E-state index in [1.807, 2.05) is 39.2 Å². The number of aryl methyl sites for hydroxylation is 4. The van der Waals surface area contributed by atoms with Gasteiger partial charge in [-0.3, -0.25) is 9.48 Å². The van der Waals surface area contributed by atoms with Crippen molar-refractivity contribution in [3.05, 3.63) is 40.4 Å². The minimum Gasteiger partial charge on any atom is -0.420 e. The van der Waals surface area contributed by atoms with Crippen LogP contribution < -0.4 is 5.32 Å². The second-order valence-electron chi connectivity index (χ2n) is 5.60. The molecule has 0 spiro atoms. The molecule has 3 aromatic heterocycles. The van der Waals surface area contributed by atoms with Crippen LogP contribution in [-0.4, -0.2) is 25.9 Å². The Morgan fingerprint density at radius 2 is 2.17 bits per heavy atom. The molecule has 3 heterocycles. The van der Waals surface area contributed by atoms with E-state index >= 15 is 0 Å². The first-order valence-electron chi connectivity index (χ1n) is 7.66. The number of rotatable bonds is 6. The first-order valence-corrected chi connectivity index (χ1v) is 8.48. The number of amides is 1. The highest BCUT2D eigenvalue weighted by atomic mass is 32.1. The fraction of sp³-hybridized carbons (Fsp3) is 0.375. The fourth-order valence-corrected chi connectivity index (χ4v) is 3.12. The summed E-state index contributed by atoms with van der Waals surface area (Å²) in [5, 5.41) is 15.2. The molecule has 0 aliphatic rings. The van der Waals surface area contributed by atoms with Crippen LogP contribution in [0.25, 0.3) is 10.8 Å². The Bertz CT molecular complexity index is 848. The molecule has 8 heteroatoms. The van der Waals surface area contributed by atoms with Gasteiger partial charge in [0, 0.05) is 43.1 Å². The average Bonchev–Trinajstić information content (AvgIpc) is 3.23. The summed E-state index contributed by atoms with van der Waals surface area (Å²) in [5.41, 5.74) is 1.93. The summed E-state index contributed by atoms with van der Waals surface area (Å²) in [6.07, 6.45) is 2.64. The molecule has 3 rings (SSSR count). The Kier molecular flexibility index (Phi) is 4.75. The summed E-state index contributed by atoms with van der Waals surface area (Å²) in [4.78, 5) is 14.1. The van der Waals surface area contributed by atoms with Crippen molar-refractivity contribution in [3.8, 4) is 10.8 Å². The first kappa shape index (κ1) is 16.4. The molecule has 0 atom stereocenters. The Morgan fingerprint density at radius 3 is 2.83 bits per heavy atom. The molecular weight excluding hydrogens is 326 g/mol. The van der Waals surface area contributed by atoms with Gasteiger partial charge >= 0.3 is 0 Å². The van der Waals surface area contributed by atoms with E-state index in [2.05, 4.69) is 20.6 Å². The number of carbonyl (C=O) groups excluding carboxylic acids is 1. The molecule has 1 amide bonds. The smallest absolute Gasteiger partial charge is 0.257 e. The number of aromatic nitrogens is 4. The molecule has 0 aromatic carbocycles. The second-order valence-corrected chi connectivity index (χ2v) is 6.89. The lowest BCUT2D eigenvalue weighted by atomic mass is 10.2.